The molecule has 198 valence electrons. The molecule has 3 aliphatic heterocycles. The van der Waals surface area contributed by atoms with Crippen LogP contribution in [-0.2, 0) is 9.47 Å². The van der Waals surface area contributed by atoms with Crippen LogP contribution in [0.4, 0.5) is 17.3 Å². The van der Waals surface area contributed by atoms with Crippen LogP contribution in [0, 0.1) is 5.41 Å². The molecule has 2 N–H and O–H groups in total. The van der Waals surface area contributed by atoms with Gasteiger partial charge in [-0.15, -0.1) is 0 Å². The van der Waals surface area contributed by atoms with E-state index in [1.54, 1.807) is 11.9 Å². The van der Waals surface area contributed by atoms with Gasteiger partial charge in [-0.05, 0) is 87.2 Å². The number of anilines is 3. The summed E-state index contributed by atoms with van der Waals surface area (Å²) in [5.41, 5.74) is 2.28. The van der Waals surface area contributed by atoms with Gasteiger partial charge in [-0.1, -0.05) is 6.07 Å². The summed E-state index contributed by atoms with van der Waals surface area (Å²) in [6, 6.07) is 12.0. The molecule has 1 spiro atoms. The smallest absolute Gasteiger partial charge is 0.258 e. The number of hydrogen-bond donors (Lipinski definition) is 2. The first-order chi connectivity index (χ1) is 17.9. The molecule has 1 aromatic carbocycles. The number of benzene rings is 1. The Hall–Kier alpha value is -2.33. The van der Waals surface area contributed by atoms with Crippen molar-refractivity contribution in [3.63, 3.8) is 0 Å². The molecule has 1 aliphatic carbocycles. The van der Waals surface area contributed by atoms with Crippen molar-refractivity contribution in [1.82, 2.24) is 9.71 Å². The van der Waals surface area contributed by atoms with Gasteiger partial charge < -0.3 is 24.6 Å². The Morgan fingerprint density at radius 2 is 1.89 bits per heavy atom. The Balaban J connectivity index is 1.21. The van der Waals surface area contributed by atoms with Crippen LogP contribution >= 0.6 is 11.9 Å². The summed E-state index contributed by atoms with van der Waals surface area (Å²) in [7, 11) is 0. The van der Waals surface area contributed by atoms with Crippen LogP contribution in [0.3, 0.4) is 0 Å². The molecule has 8 nitrogen and oxygen atoms in total. The van der Waals surface area contributed by atoms with Crippen molar-refractivity contribution in [2.75, 3.05) is 61.1 Å². The molecule has 1 saturated carbocycles. The summed E-state index contributed by atoms with van der Waals surface area (Å²) < 4.78 is 14.6. The number of pyridine rings is 1. The zero-order valence-electron chi connectivity index (χ0n) is 21.8. The number of aromatic nitrogens is 1. The second-order valence-electron chi connectivity index (χ2n) is 11.4. The Kier molecular flexibility index (Phi) is 6.81. The molecule has 4 heterocycles. The van der Waals surface area contributed by atoms with Crippen molar-refractivity contribution in [2.24, 2.45) is 5.41 Å². The highest BCUT2D eigenvalue weighted by Crippen LogP contribution is 2.54. The summed E-state index contributed by atoms with van der Waals surface area (Å²) in [5, 5.41) is 3.08. The predicted molar refractivity (Wildman–Crippen MR) is 148 cm³/mol. The lowest BCUT2D eigenvalue weighted by atomic mass is 9.93. The zero-order chi connectivity index (χ0) is 25.5. The molecule has 37 heavy (non-hydrogen) atoms. The van der Waals surface area contributed by atoms with E-state index in [4.69, 9.17) is 14.5 Å². The first-order valence-electron chi connectivity index (χ1n) is 13.5. The number of carbonyl (C=O) groups is 1. The van der Waals surface area contributed by atoms with E-state index in [2.05, 4.69) is 39.8 Å². The third-order valence-electron chi connectivity index (χ3n) is 8.13. The van der Waals surface area contributed by atoms with E-state index >= 15 is 0 Å². The topological polar surface area (TPSA) is 79.0 Å². The number of hydrogen-bond acceptors (Lipinski definition) is 8. The number of ether oxygens (including phenoxy) is 2. The van der Waals surface area contributed by atoms with Crippen LogP contribution in [0.5, 0.6) is 0 Å². The highest BCUT2D eigenvalue weighted by Gasteiger charge is 2.44. The maximum atomic E-state index is 13.6. The molecule has 9 heteroatoms. The van der Waals surface area contributed by atoms with Gasteiger partial charge in [0.1, 0.15) is 11.6 Å². The molecule has 1 atom stereocenters. The SMILES string of the molecule is C[C@@H]1CN(c2cccc(NC(=O)c3ccc(SNC4(C)COC4)cc3N3CCC4(CC3)CC4)n2)CCO1. The van der Waals surface area contributed by atoms with Crippen molar-refractivity contribution in [1.29, 1.82) is 0 Å². The standard InChI is InChI=1S/C28H37N5O3S/c1-20-17-33(14-15-36-20)25-5-3-4-24(29-25)30-26(34)22-7-6-21(37-31-27(2)18-35-19-27)16-23(22)32-12-10-28(8-9-28)11-13-32/h3-7,16,20,31H,8-15,17-19H2,1-2H3,(H,29,30,34)/t20-/m1/s1. The van der Waals surface area contributed by atoms with E-state index < -0.39 is 0 Å². The molecular formula is C28H37N5O3S. The van der Waals surface area contributed by atoms with E-state index in [9.17, 15) is 4.79 Å². The van der Waals surface area contributed by atoms with Crippen LogP contribution in [-0.4, -0.2) is 68.5 Å². The van der Waals surface area contributed by atoms with Gasteiger partial charge in [0.2, 0.25) is 0 Å². The number of rotatable bonds is 7. The van der Waals surface area contributed by atoms with Gasteiger partial charge in [-0.25, -0.2) is 9.71 Å². The van der Waals surface area contributed by atoms with Gasteiger partial charge in [0.05, 0.1) is 42.7 Å². The quantitative estimate of drug-likeness (QED) is 0.520. The fraction of sp³-hybridized carbons (Fsp3) is 0.571. The number of amides is 1. The van der Waals surface area contributed by atoms with E-state index in [1.165, 1.54) is 25.7 Å². The number of nitrogens with one attached hydrogen (secondary N) is 2. The van der Waals surface area contributed by atoms with E-state index in [-0.39, 0.29) is 17.6 Å². The van der Waals surface area contributed by atoms with Crippen molar-refractivity contribution < 1.29 is 14.3 Å². The molecule has 0 radical (unpaired) electrons. The monoisotopic (exact) mass is 523 g/mol. The second-order valence-corrected chi connectivity index (χ2v) is 12.3. The fourth-order valence-corrected chi connectivity index (χ4v) is 6.24. The number of piperidine rings is 1. The van der Waals surface area contributed by atoms with Gasteiger partial charge in [0.15, 0.2) is 0 Å². The summed E-state index contributed by atoms with van der Waals surface area (Å²) >= 11 is 1.62. The van der Waals surface area contributed by atoms with Crippen LogP contribution in [0.1, 0.15) is 49.9 Å². The molecule has 1 aromatic heterocycles. The molecule has 6 rings (SSSR count). The minimum absolute atomic E-state index is 0.000678. The van der Waals surface area contributed by atoms with Crippen LogP contribution in [0.25, 0.3) is 0 Å². The first kappa shape index (κ1) is 25.0. The fourth-order valence-electron chi connectivity index (χ4n) is 5.46. The average Bonchev–Trinajstić information content (AvgIpc) is 3.65. The molecule has 4 aliphatic rings. The van der Waals surface area contributed by atoms with E-state index in [1.807, 2.05) is 30.3 Å². The highest BCUT2D eigenvalue weighted by molar-refractivity contribution is 7.97. The largest absolute Gasteiger partial charge is 0.377 e. The van der Waals surface area contributed by atoms with Crippen molar-refractivity contribution in [2.45, 2.75) is 56.1 Å². The molecular weight excluding hydrogens is 486 g/mol. The Morgan fingerprint density at radius 1 is 1.08 bits per heavy atom. The molecule has 0 bridgehead atoms. The maximum Gasteiger partial charge on any atom is 0.258 e. The molecule has 2 aromatic rings. The van der Waals surface area contributed by atoms with Gasteiger partial charge >= 0.3 is 0 Å². The molecule has 3 saturated heterocycles. The summed E-state index contributed by atoms with van der Waals surface area (Å²) in [6.45, 7) is 9.95. The average molecular weight is 524 g/mol. The lowest BCUT2D eigenvalue weighted by molar-refractivity contribution is -0.0510. The van der Waals surface area contributed by atoms with Gasteiger partial charge in [-0.2, -0.15) is 0 Å². The maximum absolute atomic E-state index is 13.6. The second kappa shape index (κ2) is 10.1. The predicted octanol–water partition coefficient (Wildman–Crippen LogP) is 4.33. The number of morpholine rings is 1. The van der Waals surface area contributed by atoms with Crippen LogP contribution in [0.2, 0.25) is 0 Å². The highest BCUT2D eigenvalue weighted by atomic mass is 32.2. The van der Waals surface area contributed by atoms with Crippen LogP contribution < -0.4 is 19.8 Å². The third kappa shape index (κ3) is 5.60. The lowest BCUT2D eigenvalue weighted by Gasteiger charge is -2.38. The number of carbonyl (C=O) groups excluding carboxylic acids is 1. The minimum Gasteiger partial charge on any atom is -0.377 e. The van der Waals surface area contributed by atoms with Crippen molar-refractivity contribution in [3.05, 3.63) is 42.0 Å². The van der Waals surface area contributed by atoms with Crippen molar-refractivity contribution in [3.8, 4) is 0 Å². The van der Waals surface area contributed by atoms with E-state index in [0.29, 0.717) is 23.4 Å². The van der Waals surface area contributed by atoms with Crippen LogP contribution in [0.15, 0.2) is 41.3 Å². The third-order valence-corrected chi connectivity index (χ3v) is 9.22. The summed E-state index contributed by atoms with van der Waals surface area (Å²) in [4.78, 5) is 24.1. The summed E-state index contributed by atoms with van der Waals surface area (Å²) in [5.74, 6) is 1.32. The molecule has 0 unspecified atom stereocenters. The number of nitrogens with zero attached hydrogens (tertiary/aromatic N) is 3. The molecule has 4 fully saturated rings. The van der Waals surface area contributed by atoms with Gasteiger partial charge in [0.25, 0.3) is 5.91 Å². The van der Waals surface area contributed by atoms with Gasteiger partial charge in [-0.3, -0.25) is 4.79 Å². The van der Waals surface area contributed by atoms with E-state index in [0.717, 1.165) is 55.8 Å². The zero-order valence-corrected chi connectivity index (χ0v) is 22.6. The lowest BCUT2D eigenvalue weighted by Crippen LogP contribution is -2.55. The first-order valence-corrected chi connectivity index (χ1v) is 14.3. The minimum atomic E-state index is -0.120. The Morgan fingerprint density at radius 3 is 2.59 bits per heavy atom. The Labute approximate surface area is 223 Å². The van der Waals surface area contributed by atoms with Crippen molar-refractivity contribution >= 4 is 35.2 Å². The summed E-state index contributed by atoms with van der Waals surface area (Å²) in [6.07, 6.45) is 5.30. The Bertz CT molecular complexity index is 1140. The molecule has 1 amide bonds. The van der Waals surface area contributed by atoms with Gasteiger partial charge in [0, 0.05) is 31.1 Å². The normalized spacial score (nSPS) is 24.0.